The summed E-state index contributed by atoms with van der Waals surface area (Å²) in [7, 11) is 1.29. The van der Waals surface area contributed by atoms with Gasteiger partial charge in [0.05, 0.1) is 23.8 Å². The zero-order chi connectivity index (χ0) is 26.1. The second-order valence-electron chi connectivity index (χ2n) is 7.37. The molecule has 7 nitrogen and oxygen atoms in total. The molecule has 0 saturated heterocycles. The van der Waals surface area contributed by atoms with E-state index in [4.69, 9.17) is 21.1 Å². The maximum absolute atomic E-state index is 12.7. The number of hydrogen-bond donors (Lipinski definition) is 1. The van der Waals surface area contributed by atoms with Gasteiger partial charge in [-0.25, -0.2) is 4.79 Å². The van der Waals surface area contributed by atoms with Crippen molar-refractivity contribution in [3.05, 3.63) is 92.4 Å². The van der Waals surface area contributed by atoms with E-state index in [1.54, 1.807) is 30.3 Å². The second-order valence-corrected chi connectivity index (χ2v) is 8.67. The van der Waals surface area contributed by atoms with Gasteiger partial charge in [-0.2, -0.15) is 5.26 Å². The van der Waals surface area contributed by atoms with Gasteiger partial charge in [-0.3, -0.25) is 4.79 Å². The summed E-state index contributed by atoms with van der Waals surface area (Å²) in [4.78, 5) is 24.3. The number of carbonyl (C=O) groups excluding carboxylic acids is 2. The number of nitriles is 1. The fraction of sp³-hybridized carbons (Fsp3) is 0.148. The number of hydrogen-bond acceptors (Lipinski definition) is 6. The number of halogens is 2. The van der Waals surface area contributed by atoms with Crippen molar-refractivity contribution in [2.24, 2.45) is 0 Å². The van der Waals surface area contributed by atoms with Gasteiger partial charge >= 0.3 is 5.97 Å². The van der Waals surface area contributed by atoms with Crippen LogP contribution in [0.15, 0.2) is 70.7 Å². The summed E-state index contributed by atoms with van der Waals surface area (Å²) < 4.78 is 17.0. The highest BCUT2D eigenvalue weighted by atomic mass is 79.9. The summed E-state index contributed by atoms with van der Waals surface area (Å²) in [6.07, 6.45) is 1.45. The van der Waals surface area contributed by atoms with Gasteiger partial charge in [0.15, 0.2) is 11.5 Å². The Morgan fingerprint density at radius 3 is 2.50 bits per heavy atom. The molecule has 0 unspecified atom stereocenters. The highest BCUT2D eigenvalue weighted by Crippen LogP contribution is 2.38. The second kappa shape index (κ2) is 12.8. The molecule has 3 rings (SSSR count). The normalized spacial score (nSPS) is 10.8. The molecule has 0 saturated carbocycles. The van der Waals surface area contributed by atoms with E-state index in [1.807, 2.05) is 31.2 Å². The Labute approximate surface area is 222 Å². The Morgan fingerprint density at radius 2 is 1.86 bits per heavy atom. The topological polar surface area (TPSA) is 97.7 Å². The third-order valence-electron chi connectivity index (χ3n) is 4.84. The van der Waals surface area contributed by atoms with Crippen molar-refractivity contribution in [1.29, 1.82) is 5.26 Å². The summed E-state index contributed by atoms with van der Waals surface area (Å²) >= 11 is 9.55. The molecule has 3 aromatic rings. The molecule has 1 N–H and O–H groups in total. The third-order valence-corrected chi connectivity index (χ3v) is 5.67. The van der Waals surface area contributed by atoms with Gasteiger partial charge in [-0.05, 0) is 88.6 Å². The first-order chi connectivity index (χ1) is 17.3. The Bertz CT molecular complexity index is 1330. The first-order valence-electron chi connectivity index (χ1n) is 10.8. The van der Waals surface area contributed by atoms with Crippen molar-refractivity contribution in [3.8, 4) is 17.6 Å². The van der Waals surface area contributed by atoms with Crippen molar-refractivity contribution in [2.75, 3.05) is 19.0 Å². The molecule has 36 heavy (non-hydrogen) atoms. The van der Waals surface area contributed by atoms with E-state index in [-0.39, 0.29) is 12.2 Å². The standard InChI is InChI=1S/C27H22BrClN2O5/c1-3-35-24-14-18(13-23(28)25(24)36-16-17-5-4-6-21(29)12-17)11-20(15-30)26(32)31-22-9-7-19(8-10-22)27(33)34-2/h4-14H,3,16H2,1-2H3,(H,31,32)/b20-11+. The van der Waals surface area contributed by atoms with Crippen LogP contribution in [0, 0.1) is 11.3 Å². The van der Waals surface area contributed by atoms with Crippen LogP contribution in [0.3, 0.4) is 0 Å². The fourth-order valence-corrected chi connectivity index (χ4v) is 3.96. The molecule has 0 radical (unpaired) electrons. The van der Waals surface area contributed by atoms with Crippen LogP contribution in [0.5, 0.6) is 11.5 Å². The number of ether oxygens (including phenoxy) is 3. The number of amides is 1. The number of benzene rings is 3. The first-order valence-corrected chi connectivity index (χ1v) is 12.0. The molecule has 0 aliphatic carbocycles. The predicted molar refractivity (Wildman–Crippen MR) is 141 cm³/mol. The maximum Gasteiger partial charge on any atom is 0.337 e. The molecule has 0 bridgehead atoms. The molecule has 0 fully saturated rings. The zero-order valence-corrected chi connectivity index (χ0v) is 21.9. The molecule has 1 amide bonds. The average Bonchev–Trinajstić information content (AvgIpc) is 2.87. The van der Waals surface area contributed by atoms with Crippen LogP contribution in [-0.4, -0.2) is 25.6 Å². The van der Waals surface area contributed by atoms with E-state index in [0.717, 1.165) is 5.56 Å². The van der Waals surface area contributed by atoms with Gasteiger partial charge in [0, 0.05) is 10.7 Å². The Hall–Kier alpha value is -3.80. The summed E-state index contributed by atoms with van der Waals surface area (Å²) in [5.74, 6) is -0.140. The molecule has 0 aromatic heterocycles. The number of esters is 1. The Kier molecular flexibility index (Phi) is 9.51. The summed E-state index contributed by atoms with van der Waals surface area (Å²) in [5.41, 5.74) is 2.11. The van der Waals surface area contributed by atoms with Gasteiger partial charge in [-0.15, -0.1) is 0 Å². The monoisotopic (exact) mass is 568 g/mol. The Balaban J connectivity index is 1.81. The fourth-order valence-electron chi connectivity index (χ4n) is 3.18. The van der Waals surface area contributed by atoms with E-state index in [0.29, 0.717) is 44.4 Å². The summed E-state index contributed by atoms with van der Waals surface area (Å²) in [6, 6.07) is 18.8. The van der Waals surface area contributed by atoms with Gasteiger partial charge in [0.2, 0.25) is 0 Å². The molecule has 0 aliphatic heterocycles. The molecule has 0 aliphatic rings. The van der Waals surface area contributed by atoms with E-state index >= 15 is 0 Å². The molecule has 3 aromatic carbocycles. The smallest absolute Gasteiger partial charge is 0.337 e. The highest BCUT2D eigenvalue weighted by molar-refractivity contribution is 9.10. The molecule has 9 heteroatoms. The molecule has 184 valence electrons. The lowest BCUT2D eigenvalue weighted by Gasteiger charge is -2.15. The number of rotatable bonds is 9. The van der Waals surface area contributed by atoms with Crippen LogP contribution in [0.2, 0.25) is 5.02 Å². The number of nitrogens with zero attached hydrogens (tertiary/aromatic N) is 1. The minimum atomic E-state index is -0.598. The predicted octanol–water partition coefficient (Wildman–Crippen LogP) is 6.41. The average molecular weight is 570 g/mol. The summed E-state index contributed by atoms with van der Waals surface area (Å²) in [5, 5.41) is 12.9. The zero-order valence-electron chi connectivity index (χ0n) is 19.5. The van der Waals surface area contributed by atoms with E-state index < -0.39 is 11.9 Å². The highest BCUT2D eigenvalue weighted by Gasteiger charge is 2.15. The number of methoxy groups -OCH3 is 1. The van der Waals surface area contributed by atoms with Crippen LogP contribution in [0.25, 0.3) is 6.08 Å². The van der Waals surface area contributed by atoms with E-state index in [9.17, 15) is 14.9 Å². The third kappa shape index (κ3) is 7.11. The minimum absolute atomic E-state index is 0.117. The van der Waals surface area contributed by atoms with Crippen LogP contribution in [0.4, 0.5) is 5.69 Å². The van der Waals surface area contributed by atoms with Crippen LogP contribution in [-0.2, 0) is 16.1 Å². The van der Waals surface area contributed by atoms with Gasteiger partial charge in [0.25, 0.3) is 5.91 Å². The van der Waals surface area contributed by atoms with Gasteiger partial charge < -0.3 is 19.5 Å². The lowest BCUT2D eigenvalue weighted by atomic mass is 10.1. The first kappa shape index (κ1) is 26.8. The van der Waals surface area contributed by atoms with Gasteiger partial charge in [-0.1, -0.05) is 23.7 Å². The molecular weight excluding hydrogens is 548 g/mol. The van der Waals surface area contributed by atoms with Crippen LogP contribution < -0.4 is 14.8 Å². The Morgan fingerprint density at radius 1 is 1.11 bits per heavy atom. The SMILES string of the molecule is CCOc1cc(/C=C(\C#N)C(=O)Nc2ccc(C(=O)OC)cc2)cc(Br)c1OCc1cccc(Cl)c1. The van der Waals surface area contributed by atoms with Crippen molar-refractivity contribution in [1.82, 2.24) is 0 Å². The molecular formula is C27H22BrClN2O5. The van der Waals surface area contributed by atoms with E-state index in [1.165, 1.54) is 25.3 Å². The van der Waals surface area contributed by atoms with Gasteiger partial charge in [0.1, 0.15) is 18.2 Å². The number of carbonyl (C=O) groups is 2. The van der Waals surface area contributed by atoms with Crippen molar-refractivity contribution in [2.45, 2.75) is 13.5 Å². The molecule has 0 spiro atoms. The minimum Gasteiger partial charge on any atom is -0.490 e. The quantitative estimate of drug-likeness (QED) is 0.182. The lowest BCUT2D eigenvalue weighted by molar-refractivity contribution is -0.112. The molecule has 0 atom stereocenters. The molecule has 0 heterocycles. The maximum atomic E-state index is 12.7. The van der Waals surface area contributed by atoms with Crippen molar-refractivity contribution >= 4 is 51.2 Å². The van der Waals surface area contributed by atoms with E-state index in [2.05, 4.69) is 26.0 Å². The number of anilines is 1. The summed E-state index contributed by atoms with van der Waals surface area (Å²) in [6.45, 7) is 2.51. The van der Waals surface area contributed by atoms with Crippen molar-refractivity contribution in [3.63, 3.8) is 0 Å². The lowest BCUT2D eigenvalue weighted by Crippen LogP contribution is -2.13. The van der Waals surface area contributed by atoms with Crippen LogP contribution in [0.1, 0.15) is 28.4 Å². The largest absolute Gasteiger partial charge is 0.490 e. The van der Waals surface area contributed by atoms with Crippen LogP contribution >= 0.6 is 27.5 Å². The number of nitrogens with one attached hydrogen (secondary N) is 1. The van der Waals surface area contributed by atoms with Crippen molar-refractivity contribution < 1.29 is 23.8 Å².